The van der Waals surface area contributed by atoms with Crippen LogP contribution in [0.15, 0.2) is 291 Å². The number of para-hydroxylation sites is 4. The van der Waals surface area contributed by atoms with Crippen LogP contribution in [0.25, 0.3) is 133 Å². The van der Waals surface area contributed by atoms with Gasteiger partial charge >= 0.3 is 0 Å². The Balaban J connectivity index is 0.827. The number of nitrogens with zero attached hydrogens (tertiary/aromatic N) is 2. The predicted molar refractivity (Wildman–Crippen MR) is 313 cm³/mol. The fourth-order valence-corrected chi connectivity index (χ4v) is 11.5. The molecule has 0 radical (unpaired) electrons. The highest BCUT2D eigenvalue weighted by molar-refractivity contribution is 6.13. The summed E-state index contributed by atoms with van der Waals surface area (Å²) in [6.45, 7) is 0. The Bertz CT molecular complexity index is 4400. The van der Waals surface area contributed by atoms with Crippen molar-refractivity contribution in [2.75, 3.05) is 0 Å². The molecule has 14 aromatic rings. The molecule has 0 aliphatic rings. The maximum absolute atomic E-state index is 2.47. The summed E-state index contributed by atoms with van der Waals surface area (Å²) in [7, 11) is 0. The Kier molecular flexibility index (Phi) is 10.6. The molecule has 2 aromatic heterocycles. The van der Waals surface area contributed by atoms with Gasteiger partial charge in [0.15, 0.2) is 0 Å². The second-order valence-corrected chi connectivity index (χ2v) is 19.2. The first-order valence-electron chi connectivity index (χ1n) is 25.5. The van der Waals surface area contributed by atoms with Gasteiger partial charge in [0.05, 0.1) is 33.4 Å². The van der Waals surface area contributed by atoms with Crippen LogP contribution in [-0.4, -0.2) is 9.13 Å². The van der Waals surface area contributed by atoms with Gasteiger partial charge in [-0.1, -0.05) is 231 Å². The molecule has 2 heterocycles. The third-order valence-corrected chi connectivity index (χ3v) is 15.0. The fraction of sp³-hybridized carbons (Fsp3) is 0. The molecule has 14 rings (SSSR count). The lowest BCUT2D eigenvalue weighted by molar-refractivity contribution is 1.18. The summed E-state index contributed by atoms with van der Waals surface area (Å²) in [5, 5.41) is 4.93. The molecular weight excluding hydrogens is 893 g/mol. The standard InChI is InChI=1S/C72H48N2/c1-3-19-49(20-4-1)53-23-17-25-55(45-53)56-26-18-24-54(46-56)50-37-39-52(40-38-50)59-27-7-8-29-61(59)62-30-10-14-34-68(62)74-70-36-16-12-32-64(70)66-48-58(42-44-72(66)74)57-41-43-71-65(47-57)63-31-11-15-35-69(63)73(71)67-33-13-9-28-60(67)51-21-5-2-6-22-51/h1-48H. The van der Waals surface area contributed by atoms with E-state index in [9.17, 15) is 0 Å². The Morgan fingerprint density at radius 2 is 0.486 bits per heavy atom. The molecule has 0 fully saturated rings. The Morgan fingerprint density at radius 3 is 1.04 bits per heavy atom. The van der Waals surface area contributed by atoms with Gasteiger partial charge in [0, 0.05) is 32.7 Å². The predicted octanol–water partition coefficient (Wildman–Crippen LogP) is 19.5. The van der Waals surface area contributed by atoms with Gasteiger partial charge in [-0.3, -0.25) is 0 Å². The summed E-state index contributed by atoms with van der Waals surface area (Å²) in [6.07, 6.45) is 0. The van der Waals surface area contributed by atoms with Crippen molar-refractivity contribution in [3.63, 3.8) is 0 Å². The first kappa shape index (κ1) is 43.1. The lowest BCUT2D eigenvalue weighted by atomic mass is 9.92. The Hall–Kier alpha value is -9.76. The van der Waals surface area contributed by atoms with Gasteiger partial charge in [0.25, 0.3) is 0 Å². The Morgan fingerprint density at radius 1 is 0.162 bits per heavy atom. The lowest BCUT2D eigenvalue weighted by Crippen LogP contribution is -1.98. The second kappa shape index (κ2) is 18.1. The fourth-order valence-electron chi connectivity index (χ4n) is 11.5. The van der Waals surface area contributed by atoms with Crippen molar-refractivity contribution >= 4 is 43.6 Å². The highest BCUT2D eigenvalue weighted by atomic mass is 15.0. The van der Waals surface area contributed by atoms with E-state index < -0.39 is 0 Å². The van der Waals surface area contributed by atoms with Crippen molar-refractivity contribution < 1.29 is 0 Å². The highest BCUT2D eigenvalue weighted by Gasteiger charge is 2.20. The molecule has 2 nitrogen and oxygen atoms in total. The smallest absolute Gasteiger partial charge is 0.0541 e. The van der Waals surface area contributed by atoms with E-state index in [0.717, 1.165) is 5.69 Å². The number of fused-ring (bicyclic) bond motifs is 6. The van der Waals surface area contributed by atoms with Gasteiger partial charge in [0.1, 0.15) is 0 Å². The molecule has 0 saturated carbocycles. The van der Waals surface area contributed by atoms with Crippen molar-refractivity contribution in [3.05, 3.63) is 291 Å². The van der Waals surface area contributed by atoms with Gasteiger partial charge < -0.3 is 9.13 Å². The third kappa shape index (κ3) is 7.43. The van der Waals surface area contributed by atoms with Crippen LogP contribution in [0.5, 0.6) is 0 Å². The largest absolute Gasteiger partial charge is 0.309 e. The van der Waals surface area contributed by atoms with Crippen molar-refractivity contribution in [2.24, 2.45) is 0 Å². The number of aromatic nitrogens is 2. The molecule has 0 aliphatic heterocycles. The van der Waals surface area contributed by atoms with E-state index in [-0.39, 0.29) is 0 Å². The Labute approximate surface area is 431 Å². The van der Waals surface area contributed by atoms with Gasteiger partial charge in [-0.25, -0.2) is 0 Å². The van der Waals surface area contributed by atoms with Gasteiger partial charge in [0.2, 0.25) is 0 Å². The molecule has 0 atom stereocenters. The van der Waals surface area contributed by atoms with Crippen LogP contribution in [0.1, 0.15) is 0 Å². The van der Waals surface area contributed by atoms with Crippen LogP contribution in [0, 0.1) is 0 Å². The zero-order chi connectivity index (χ0) is 49.0. The van der Waals surface area contributed by atoms with E-state index in [2.05, 4.69) is 300 Å². The molecule has 2 heteroatoms. The van der Waals surface area contributed by atoms with E-state index in [0.29, 0.717) is 0 Å². The minimum atomic E-state index is 1.15. The number of hydrogen-bond acceptors (Lipinski definition) is 0. The van der Waals surface area contributed by atoms with Crippen molar-refractivity contribution in [1.82, 2.24) is 9.13 Å². The molecule has 0 bridgehead atoms. The van der Waals surface area contributed by atoms with Crippen LogP contribution in [-0.2, 0) is 0 Å². The van der Waals surface area contributed by atoms with E-state index in [1.807, 2.05) is 0 Å². The quantitative estimate of drug-likeness (QED) is 0.136. The van der Waals surface area contributed by atoms with Gasteiger partial charge in [-0.05, 0) is 127 Å². The van der Waals surface area contributed by atoms with Gasteiger partial charge in [-0.2, -0.15) is 0 Å². The monoisotopic (exact) mass is 940 g/mol. The topological polar surface area (TPSA) is 9.86 Å². The molecule has 0 unspecified atom stereocenters. The van der Waals surface area contributed by atoms with Crippen LogP contribution >= 0.6 is 0 Å². The minimum Gasteiger partial charge on any atom is -0.309 e. The van der Waals surface area contributed by atoms with Crippen LogP contribution < -0.4 is 0 Å². The first-order valence-corrected chi connectivity index (χ1v) is 25.5. The lowest BCUT2D eigenvalue weighted by Gasteiger charge is -2.17. The molecule has 0 spiro atoms. The zero-order valence-electron chi connectivity index (χ0n) is 40.6. The molecule has 0 amide bonds. The van der Waals surface area contributed by atoms with Crippen LogP contribution in [0.3, 0.4) is 0 Å². The maximum Gasteiger partial charge on any atom is 0.0541 e. The summed E-state index contributed by atoms with van der Waals surface area (Å²) in [4.78, 5) is 0. The molecule has 346 valence electrons. The second-order valence-electron chi connectivity index (χ2n) is 19.2. The number of rotatable bonds is 9. The summed E-state index contributed by atoms with van der Waals surface area (Å²) in [6, 6.07) is 106. The summed E-state index contributed by atoms with van der Waals surface area (Å²) < 4.78 is 4.90. The SMILES string of the molecule is c1ccc(-c2cccc(-c3cccc(-c4ccc(-c5ccccc5-c5ccccc5-n5c6ccccc6c6cc(-c7ccc8c(c7)c7ccccc7n8-c7ccccc7-c7ccccc7)ccc65)cc4)c3)c2)cc1. The molecule has 74 heavy (non-hydrogen) atoms. The van der Waals surface area contributed by atoms with Crippen molar-refractivity contribution in [1.29, 1.82) is 0 Å². The van der Waals surface area contributed by atoms with E-state index >= 15 is 0 Å². The molecule has 0 N–H and O–H groups in total. The van der Waals surface area contributed by atoms with Crippen molar-refractivity contribution in [3.8, 4) is 89.3 Å². The first-order chi connectivity index (χ1) is 36.7. The minimum absolute atomic E-state index is 1.15. The normalized spacial score (nSPS) is 11.5. The zero-order valence-corrected chi connectivity index (χ0v) is 40.6. The van der Waals surface area contributed by atoms with Crippen LogP contribution in [0.4, 0.5) is 0 Å². The molecule has 0 saturated heterocycles. The van der Waals surface area contributed by atoms with Crippen molar-refractivity contribution in [2.45, 2.75) is 0 Å². The summed E-state index contributed by atoms with van der Waals surface area (Å²) >= 11 is 0. The average Bonchev–Trinajstić information content (AvgIpc) is 4.02. The summed E-state index contributed by atoms with van der Waals surface area (Å²) in [5.41, 5.74) is 23.8. The third-order valence-electron chi connectivity index (χ3n) is 15.0. The summed E-state index contributed by atoms with van der Waals surface area (Å²) in [5.74, 6) is 0. The number of benzene rings is 12. The van der Waals surface area contributed by atoms with E-state index in [1.54, 1.807) is 0 Å². The molecule has 12 aromatic carbocycles. The van der Waals surface area contributed by atoms with Gasteiger partial charge in [-0.15, -0.1) is 0 Å². The average molecular weight is 941 g/mol. The maximum atomic E-state index is 2.47. The molecule has 0 aliphatic carbocycles. The van der Waals surface area contributed by atoms with E-state index in [1.165, 1.54) is 127 Å². The highest BCUT2D eigenvalue weighted by Crippen LogP contribution is 2.43. The molecular formula is C72H48N2. The van der Waals surface area contributed by atoms with E-state index in [4.69, 9.17) is 0 Å². The number of hydrogen-bond donors (Lipinski definition) is 0. The van der Waals surface area contributed by atoms with Crippen LogP contribution in [0.2, 0.25) is 0 Å².